The summed E-state index contributed by atoms with van der Waals surface area (Å²) in [4.78, 5) is 11.8. The predicted octanol–water partition coefficient (Wildman–Crippen LogP) is 4.52. The van der Waals surface area contributed by atoms with Gasteiger partial charge >= 0.3 is 0 Å². The topological polar surface area (TPSA) is 29.1 Å². The summed E-state index contributed by atoms with van der Waals surface area (Å²) in [5, 5.41) is 3.06. The number of amides is 1. The molecule has 0 aliphatic carbocycles. The molecule has 19 heavy (non-hydrogen) atoms. The van der Waals surface area contributed by atoms with Crippen LogP contribution in [0.1, 0.15) is 10.4 Å². The van der Waals surface area contributed by atoms with Gasteiger partial charge in [0, 0.05) is 11.1 Å². The van der Waals surface area contributed by atoms with Crippen molar-refractivity contribution in [2.45, 2.75) is 0 Å². The molecule has 0 unspecified atom stereocenters. The second-order valence-electron chi connectivity index (χ2n) is 3.70. The molecule has 1 N–H and O–H groups in total. The maximum Gasteiger partial charge on any atom is 0.258 e. The number of benzene rings is 2. The van der Waals surface area contributed by atoms with Crippen LogP contribution in [0.15, 0.2) is 36.4 Å². The zero-order valence-corrected chi connectivity index (χ0v) is 10.9. The Morgan fingerprint density at radius 2 is 1.79 bits per heavy atom. The van der Waals surface area contributed by atoms with Gasteiger partial charge in [-0.1, -0.05) is 23.2 Å². The third kappa shape index (κ3) is 3.22. The summed E-state index contributed by atoms with van der Waals surface area (Å²) in [6.45, 7) is 0. The minimum Gasteiger partial charge on any atom is -0.321 e. The number of anilines is 1. The molecule has 2 rings (SSSR count). The SMILES string of the molecule is O=C(Nc1ccc(Cl)cc1Cl)c1ccc(F)cc1F. The molecule has 2 nitrogen and oxygen atoms in total. The Labute approximate surface area is 118 Å². The van der Waals surface area contributed by atoms with Crippen LogP contribution in [-0.4, -0.2) is 5.91 Å². The summed E-state index contributed by atoms with van der Waals surface area (Å²) in [6, 6.07) is 7.16. The zero-order chi connectivity index (χ0) is 14.0. The van der Waals surface area contributed by atoms with Gasteiger partial charge in [0.1, 0.15) is 11.6 Å². The highest BCUT2D eigenvalue weighted by Crippen LogP contribution is 2.26. The van der Waals surface area contributed by atoms with Crippen LogP contribution in [0.25, 0.3) is 0 Å². The molecular weight excluding hydrogens is 295 g/mol. The van der Waals surface area contributed by atoms with Crippen molar-refractivity contribution in [3.8, 4) is 0 Å². The van der Waals surface area contributed by atoms with E-state index in [0.717, 1.165) is 12.1 Å². The average Bonchev–Trinajstić information content (AvgIpc) is 2.32. The Kier molecular flexibility index (Phi) is 4.02. The minimum atomic E-state index is -0.942. The molecule has 0 heterocycles. The van der Waals surface area contributed by atoms with Crippen molar-refractivity contribution in [2.24, 2.45) is 0 Å². The summed E-state index contributed by atoms with van der Waals surface area (Å²) >= 11 is 11.6. The van der Waals surface area contributed by atoms with E-state index in [1.165, 1.54) is 18.2 Å². The molecule has 0 atom stereocenters. The molecule has 0 spiro atoms. The first kappa shape index (κ1) is 13.8. The lowest BCUT2D eigenvalue weighted by Gasteiger charge is -2.08. The first-order valence-electron chi connectivity index (χ1n) is 5.19. The van der Waals surface area contributed by atoms with Crippen LogP contribution in [0, 0.1) is 11.6 Å². The van der Waals surface area contributed by atoms with Gasteiger partial charge < -0.3 is 5.32 Å². The number of hydrogen-bond donors (Lipinski definition) is 1. The van der Waals surface area contributed by atoms with Gasteiger partial charge in [0.2, 0.25) is 0 Å². The van der Waals surface area contributed by atoms with Crippen LogP contribution in [0.3, 0.4) is 0 Å². The van der Waals surface area contributed by atoms with E-state index < -0.39 is 17.5 Å². The van der Waals surface area contributed by atoms with Crippen molar-refractivity contribution in [3.05, 3.63) is 63.6 Å². The Bertz CT molecular complexity index is 647. The number of rotatable bonds is 2. The fraction of sp³-hybridized carbons (Fsp3) is 0. The monoisotopic (exact) mass is 301 g/mol. The second kappa shape index (κ2) is 5.55. The van der Waals surface area contributed by atoms with Gasteiger partial charge in [-0.2, -0.15) is 0 Å². The van der Waals surface area contributed by atoms with E-state index in [1.54, 1.807) is 0 Å². The Hall–Kier alpha value is -1.65. The summed E-state index contributed by atoms with van der Waals surface area (Å²) in [5.41, 5.74) is 0.0206. The van der Waals surface area contributed by atoms with E-state index in [9.17, 15) is 13.6 Å². The van der Waals surface area contributed by atoms with Gasteiger partial charge in [-0.25, -0.2) is 8.78 Å². The summed E-state index contributed by atoms with van der Waals surface area (Å²) in [7, 11) is 0. The molecule has 0 fully saturated rings. The fourth-order valence-corrected chi connectivity index (χ4v) is 1.91. The van der Waals surface area contributed by atoms with Crippen LogP contribution in [0.4, 0.5) is 14.5 Å². The van der Waals surface area contributed by atoms with Gasteiger partial charge in [-0.05, 0) is 30.3 Å². The first-order valence-corrected chi connectivity index (χ1v) is 5.94. The highest BCUT2D eigenvalue weighted by molar-refractivity contribution is 6.36. The van der Waals surface area contributed by atoms with E-state index >= 15 is 0 Å². The summed E-state index contributed by atoms with van der Waals surface area (Å²) < 4.78 is 26.2. The molecule has 0 saturated carbocycles. The van der Waals surface area contributed by atoms with E-state index in [2.05, 4.69) is 5.32 Å². The molecule has 98 valence electrons. The number of nitrogens with one attached hydrogen (secondary N) is 1. The van der Waals surface area contributed by atoms with Crippen molar-refractivity contribution in [3.63, 3.8) is 0 Å². The third-order valence-corrected chi connectivity index (χ3v) is 2.90. The third-order valence-electron chi connectivity index (χ3n) is 2.36. The van der Waals surface area contributed by atoms with Crippen LogP contribution in [0.2, 0.25) is 10.0 Å². The molecule has 6 heteroatoms. The zero-order valence-electron chi connectivity index (χ0n) is 9.38. The Morgan fingerprint density at radius 1 is 1.05 bits per heavy atom. The maximum absolute atomic E-state index is 13.4. The Morgan fingerprint density at radius 3 is 2.42 bits per heavy atom. The van der Waals surface area contributed by atoms with Crippen molar-refractivity contribution in [1.29, 1.82) is 0 Å². The summed E-state index contributed by atoms with van der Waals surface area (Å²) in [6.07, 6.45) is 0. The number of halogens is 4. The highest BCUT2D eigenvalue weighted by atomic mass is 35.5. The number of hydrogen-bond acceptors (Lipinski definition) is 1. The van der Waals surface area contributed by atoms with Gasteiger partial charge in [-0.15, -0.1) is 0 Å². The van der Waals surface area contributed by atoms with Crippen molar-refractivity contribution >= 4 is 34.8 Å². The first-order chi connectivity index (χ1) is 8.97. The molecule has 0 saturated heterocycles. The van der Waals surface area contributed by atoms with E-state index in [0.29, 0.717) is 16.8 Å². The normalized spacial score (nSPS) is 10.3. The summed E-state index contributed by atoms with van der Waals surface area (Å²) in [5.74, 6) is -2.41. The van der Waals surface area contributed by atoms with Gasteiger partial charge in [0.05, 0.1) is 16.3 Å². The number of carbonyl (C=O) groups excluding carboxylic acids is 1. The predicted molar refractivity (Wildman–Crippen MR) is 70.8 cm³/mol. The molecular formula is C13H7Cl2F2NO. The van der Waals surface area contributed by atoms with Gasteiger partial charge in [-0.3, -0.25) is 4.79 Å². The molecule has 0 radical (unpaired) electrons. The average molecular weight is 302 g/mol. The van der Waals surface area contributed by atoms with Crippen molar-refractivity contribution in [1.82, 2.24) is 0 Å². The molecule has 2 aromatic rings. The molecule has 0 aliphatic rings. The Balaban J connectivity index is 2.25. The van der Waals surface area contributed by atoms with Crippen molar-refractivity contribution in [2.75, 3.05) is 5.32 Å². The molecule has 2 aromatic carbocycles. The van der Waals surface area contributed by atoms with Crippen LogP contribution >= 0.6 is 23.2 Å². The maximum atomic E-state index is 13.4. The number of carbonyl (C=O) groups is 1. The standard InChI is InChI=1S/C13H7Cl2F2NO/c14-7-1-4-12(10(15)5-7)18-13(19)9-3-2-8(16)6-11(9)17/h1-6H,(H,18,19). The van der Waals surface area contributed by atoms with Crippen LogP contribution in [0.5, 0.6) is 0 Å². The van der Waals surface area contributed by atoms with Crippen LogP contribution < -0.4 is 5.32 Å². The molecule has 0 aliphatic heterocycles. The van der Waals surface area contributed by atoms with E-state index in [4.69, 9.17) is 23.2 Å². The van der Waals surface area contributed by atoms with Gasteiger partial charge in [0.15, 0.2) is 0 Å². The highest BCUT2D eigenvalue weighted by Gasteiger charge is 2.14. The molecule has 0 bridgehead atoms. The fourth-order valence-electron chi connectivity index (χ4n) is 1.45. The molecule has 1 amide bonds. The van der Waals surface area contributed by atoms with Gasteiger partial charge in [0.25, 0.3) is 5.91 Å². The van der Waals surface area contributed by atoms with Crippen LogP contribution in [-0.2, 0) is 0 Å². The lowest BCUT2D eigenvalue weighted by Crippen LogP contribution is -2.14. The van der Waals surface area contributed by atoms with E-state index in [1.807, 2.05) is 0 Å². The largest absolute Gasteiger partial charge is 0.321 e. The van der Waals surface area contributed by atoms with E-state index in [-0.39, 0.29) is 10.6 Å². The van der Waals surface area contributed by atoms with Crippen molar-refractivity contribution < 1.29 is 13.6 Å². The minimum absolute atomic E-state index is 0.225. The molecule has 0 aromatic heterocycles. The lowest BCUT2D eigenvalue weighted by molar-refractivity contribution is 0.102. The quantitative estimate of drug-likeness (QED) is 0.868. The smallest absolute Gasteiger partial charge is 0.258 e. The second-order valence-corrected chi connectivity index (χ2v) is 4.55. The lowest BCUT2D eigenvalue weighted by atomic mass is 10.2.